The van der Waals surface area contributed by atoms with E-state index in [0.29, 0.717) is 33.9 Å². The maximum absolute atomic E-state index is 13.2. The zero-order valence-corrected chi connectivity index (χ0v) is 15.3. The minimum absolute atomic E-state index is 0.00408. The minimum Gasteiger partial charge on any atom is -0.506 e. The van der Waals surface area contributed by atoms with Crippen LogP contribution < -0.4 is 15.0 Å². The predicted octanol–water partition coefficient (Wildman–Crippen LogP) is 3.99. The Morgan fingerprint density at radius 1 is 0.931 bits per heavy atom. The molecule has 6 heteroatoms. The van der Waals surface area contributed by atoms with Crippen molar-refractivity contribution in [1.29, 1.82) is 0 Å². The number of nitrogens with zero attached hydrogens (tertiary/aromatic N) is 2. The molecule has 0 saturated carbocycles. The summed E-state index contributed by atoms with van der Waals surface area (Å²) in [6, 6.07) is 19.5. The van der Waals surface area contributed by atoms with Gasteiger partial charge in [0.15, 0.2) is 11.5 Å². The van der Waals surface area contributed by atoms with Crippen molar-refractivity contribution >= 4 is 23.1 Å². The first kappa shape index (κ1) is 17.1. The number of hydrogen-bond donors (Lipinski definition) is 1. The van der Waals surface area contributed by atoms with E-state index in [0.717, 1.165) is 5.56 Å². The van der Waals surface area contributed by atoms with E-state index >= 15 is 0 Å². The van der Waals surface area contributed by atoms with E-state index in [2.05, 4.69) is 4.98 Å². The Hall–Kier alpha value is -4.06. The second-order valence-corrected chi connectivity index (χ2v) is 6.56. The predicted molar refractivity (Wildman–Crippen MR) is 110 cm³/mol. The van der Waals surface area contributed by atoms with Crippen molar-refractivity contribution in [2.45, 2.75) is 0 Å². The Balaban J connectivity index is 1.69. The third kappa shape index (κ3) is 3.00. The number of para-hydroxylation sites is 3. The molecular formula is C23H16N2O4. The molecule has 0 amide bonds. The third-order valence-corrected chi connectivity index (χ3v) is 4.75. The van der Waals surface area contributed by atoms with Gasteiger partial charge in [0.25, 0.3) is 5.56 Å². The number of rotatable bonds is 3. The van der Waals surface area contributed by atoms with Crippen molar-refractivity contribution in [3.8, 4) is 22.9 Å². The van der Waals surface area contributed by atoms with Gasteiger partial charge in [-0.1, -0.05) is 36.4 Å². The van der Waals surface area contributed by atoms with E-state index in [-0.39, 0.29) is 18.1 Å². The Morgan fingerprint density at radius 2 is 1.72 bits per heavy atom. The summed E-state index contributed by atoms with van der Waals surface area (Å²) in [5, 5.41) is 10.8. The number of benzene rings is 3. The Morgan fingerprint density at radius 3 is 2.62 bits per heavy atom. The summed E-state index contributed by atoms with van der Waals surface area (Å²) in [6.07, 6.45) is 3.59. The van der Waals surface area contributed by atoms with Crippen LogP contribution in [-0.2, 0) is 0 Å². The van der Waals surface area contributed by atoms with Crippen LogP contribution in [0.1, 0.15) is 11.4 Å². The standard InChI is InChI=1S/C23H16N2O4/c26-19-8-4-3-7-18(19)25-22(24-17-6-2-1-5-16(17)23(25)27)12-10-15-9-11-20-21(13-15)29-14-28-20/h1-13,26H,14H2/b12-10+. The van der Waals surface area contributed by atoms with Gasteiger partial charge >= 0.3 is 0 Å². The van der Waals surface area contributed by atoms with Gasteiger partial charge in [-0.2, -0.15) is 0 Å². The highest BCUT2D eigenvalue weighted by molar-refractivity contribution is 5.80. The number of aromatic nitrogens is 2. The normalized spacial score (nSPS) is 12.7. The molecule has 0 fully saturated rings. The quantitative estimate of drug-likeness (QED) is 0.578. The van der Waals surface area contributed by atoms with Gasteiger partial charge in [0.05, 0.1) is 16.6 Å². The maximum atomic E-state index is 13.2. The monoisotopic (exact) mass is 384 g/mol. The molecule has 0 saturated heterocycles. The summed E-state index contributed by atoms with van der Waals surface area (Å²) in [6.45, 7) is 0.210. The number of phenols is 1. The lowest BCUT2D eigenvalue weighted by Crippen LogP contribution is -2.22. The number of aromatic hydroxyl groups is 1. The highest BCUT2D eigenvalue weighted by atomic mass is 16.7. The lowest BCUT2D eigenvalue weighted by molar-refractivity contribution is 0.174. The van der Waals surface area contributed by atoms with Gasteiger partial charge in [0.1, 0.15) is 11.6 Å². The van der Waals surface area contributed by atoms with E-state index in [1.807, 2.05) is 30.3 Å². The average Bonchev–Trinajstić information content (AvgIpc) is 3.21. The summed E-state index contributed by atoms with van der Waals surface area (Å²) in [5.41, 5.74) is 1.60. The molecule has 5 rings (SSSR count). The van der Waals surface area contributed by atoms with Gasteiger partial charge in [-0.25, -0.2) is 4.98 Å². The van der Waals surface area contributed by atoms with Gasteiger partial charge in [0, 0.05) is 0 Å². The molecule has 142 valence electrons. The van der Waals surface area contributed by atoms with Gasteiger partial charge in [-0.05, 0) is 48.0 Å². The summed E-state index contributed by atoms with van der Waals surface area (Å²) in [7, 11) is 0. The molecule has 1 aliphatic heterocycles. The first-order valence-corrected chi connectivity index (χ1v) is 9.08. The van der Waals surface area contributed by atoms with E-state index < -0.39 is 0 Å². The zero-order valence-electron chi connectivity index (χ0n) is 15.3. The van der Waals surface area contributed by atoms with Crippen LogP contribution in [0, 0.1) is 0 Å². The van der Waals surface area contributed by atoms with Gasteiger partial charge in [0.2, 0.25) is 6.79 Å². The smallest absolute Gasteiger partial charge is 0.266 e. The van der Waals surface area contributed by atoms with Crippen LogP contribution in [0.3, 0.4) is 0 Å². The van der Waals surface area contributed by atoms with Crippen molar-refractivity contribution in [3.63, 3.8) is 0 Å². The molecule has 0 aliphatic carbocycles. The fraction of sp³-hybridized carbons (Fsp3) is 0.0435. The average molecular weight is 384 g/mol. The molecule has 3 aromatic carbocycles. The number of hydrogen-bond acceptors (Lipinski definition) is 5. The van der Waals surface area contributed by atoms with Gasteiger partial charge in [-0.15, -0.1) is 0 Å². The van der Waals surface area contributed by atoms with E-state index in [1.54, 1.807) is 48.5 Å². The lowest BCUT2D eigenvalue weighted by atomic mass is 10.1. The van der Waals surface area contributed by atoms with Crippen LogP contribution in [0.25, 0.3) is 28.7 Å². The Bertz CT molecular complexity index is 1320. The molecule has 1 aliphatic rings. The second kappa shape index (κ2) is 6.83. The molecule has 0 spiro atoms. The van der Waals surface area contributed by atoms with Crippen molar-refractivity contribution < 1.29 is 14.6 Å². The number of phenolic OH excluding ortho intramolecular Hbond substituents is 1. The Kier molecular flexibility index (Phi) is 4.02. The van der Waals surface area contributed by atoms with E-state index in [4.69, 9.17) is 9.47 Å². The van der Waals surface area contributed by atoms with E-state index in [9.17, 15) is 9.90 Å². The second-order valence-electron chi connectivity index (χ2n) is 6.56. The fourth-order valence-corrected chi connectivity index (χ4v) is 3.34. The molecule has 4 aromatic rings. The lowest BCUT2D eigenvalue weighted by Gasteiger charge is -2.12. The summed E-state index contributed by atoms with van der Waals surface area (Å²) in [5.74, 6) is 1.80. The fourth-order valence-electron chi connectivity index (χ4n) is 3.34. The van der Waals surface area contributed by atoms with Gasteiger partial charge in [-0.3, -0.25) is 9.36 Å². The Labute approximate surface area is 165 Å². The maximum Gasteiger partial charge on any atom is 0.266 e. The summed E-state index contributed by atoms with van der Waals surface area (Å²) in [4.78, 5) is 17.9. The number of fused-ring (bicyclic) bond motifs is 2. The molecule has 0 bridgehead atoms. The van der Waals surface area contributed by atoms with Crippen molar-refractivity contribution in [3.05, 3.63) is 88.5 Å². The van der Waals surface area contributed by atoms with Gasteiger partial charge < -0.3 is 14.6 Å². The van der Waals surface area contributed by atoms with Crippen LogP contribution >= 0.6 is 0 Å². The molecule has 6 nitrogen and oxygen atoms in total. The summed E-state index contributed by atoms with van der Waals surface area (Å²) >= 11 is 0. The van der Waals surface area contributed by atoms with Crippen molar-refractivity contribution in [2.24, 2.45) is 0 Å². The molecular weight excluding hydrogens is 368 g/mol. The molecule has 0 unspecified atom stereocenters. The van der Waals surface area contributed by atoms with Crippen LogP contribution in [0.2, 0.25) is 0 Å². The van der Waals surface area contributed by atoms with E-state index in [1.165, 1.54) is 4.57 Å². The SMILES string of the molecule is O=c1c2ccccc2nc(/C=C/c2ccc3c(c2)OCO3)n1-c1ccccc1O. The van der Waals surface area contributed by atoms with Crippen LogP contribution in [0.5, 0.6) is 17.2 Å². The molecule has 2 heterocycles. The highest BCUT2D eigenvalue weighted by Crippen LogP contribution is 2.33. The van der Waals surface area contributed by atoms with Crippen molar-refractivity contribution in [1.82, 2.24) is 9.55 Å². The zero-order chi connectivity index (χ0) is 19.8. The van der Waals surface area contributed by atoms with Crippen molar-refractivity contribution in [2.75, 3.05) is 6.79 Å². The first-order chi connectivity index (χ1) is 14.2. The molecule has 1 N–H and O–H groups in total. The molecule has 1 aromatic heterocycles. The summed E-state index contributed by atoms with van der Waals surface area (Å²) < 4.78 is 12.2. The highest BCUT2D eigenvalue weighted by Gasteiger charge is 2.15. The van der Waals surface area contributed by atoms with Crippen LogP contribution in [0.4, 0.5) is 0 Å². The van der Waals surface area contributed by atoms with Crippen LogP contribution in [0.15, 0.2) is 71.5 Å². The largest absolute Gasteiger partial charge is 0.506 e. The number of ether oxygens (including phenoxy) is 2. The third-order valence-electron chi connectivity index (χ3n) is 4.75. The van der Waals surface area contributed by atoms with Crippen LogP contribution in [-0.4, -0.2) is 21.5 Å². The first-order valence-electron chi connectivity index (χ1n) is 9.08. The molecule has 29 heavy (non-hydrogen) atoms. The topological polar surface area (TPSA) is 73.6 Å². The molecule has 0 atom stereocenters. The molecule has 0 radical (unpaired) electrons. The minimum atomic E-state index is -0.248.